The van der Waals surface area contributed by atoms with Gasteiger partial charge in [0.2, 0.25) is 0 Å². The van der Waals surface area contributed by atoms with Gasteiger partial charge in [0, 0.05) is 29.0 Å². The summed E-state index contributed by atoms with van der Waals surface area (Å²) >= 11 is 0. The number of carbonyl (C=O) groups excluding carboxylic acids is 1. The molecule has 5 aromatic rings. The number of nitrogens with zero attached hydrogens (tertiary/aromatic N) is 4. The lowest BCUT2D eigenvalue weighted by Gasteiger charge is -2.06. The number of aryl methyl sites for hydroxylation is 1. The maximum Gasteiger partial charge on any atom is 0.256 e. The zero-order valence-electron chi connectivity index (χ0n) is 17.0. The molecular formula is C22H16F2N6O2. The van der Waals surface area contributed by atoms with Gasteiger partial charge in [-0.25, -0.2) is 18.3 Å². The highest BCUT2D eigenvalue weighted by Crippen LogP contribution is 2.31. The van der Waals surface area contributed by atoms with Gasteiger partial charge in [-0.15, -0.1) is 0 Å². The van der Waals surface area contributed by atoms with Gasteiger partial charge in [-0.3, -0.25) is 9.89 Å². The van der Waals surface area contributed by atoms with Crippen LogP contribution < -0.4 is 10.1 Å². The van der Waals surface area contributed by atoms with E-state index in [2.05, 4.69) is 25.6 Å². The topological polar surface area (TPSA) is 97.2 Å². The van der Waals surface area contributed by atoms with Crippen molar-refractivity contribution in [2.45, 2.75) is 6.92 Å². The standard InChI is InChI=1S/C22H16F2N6O2/c1-11-7-14(32-2)8-18-16(10-25-30(11)18)19-17(24)9-15-20(26-19)28-29-21(15)27-22(31)12-3-5-13(23)6-4-12/h3-10H,1-2H3,(H2,26,27,28,29,31). The number of halogens is 2. The fourth-order valence-corrected chi connectivity index (χ4v) is 3.51. The number of pyridine rings is 2. The SMILES string of the molecule is COc1cc(C)n2ncc(-c3nc4[nH]nc(NC(=O)c5ccc(F)cc5)c4cc3F)c2c1. The van der Waals surface area contributed by atoms with E-state index < -0.39 is 17.5 Å². The first-order valence-corrected chi connectivity index (χ1v) is 9.59. The highest BCUT2D eigenvalue weighted by molar-refractivity contribution is 6.07. The van der Waals surface area contributed by atoms with Gasteiger partial charge >= 0.3 is 0 Å². The van der Waals surface area contributed by atoms with E-state index in [-0.39, 0.29) is 22.7 Å². The number of aromatic amines is 1. The number of H-pyrrole nitrogens is 1. The summed E-state index contributed by atoms with van der Waals surface area (Å²) in [6, 6.07) is 9.87. The molecule has 0 saturated heterocycles. The Balaban J connectivity index is 1.55. The fourth-order valence-electron chi connectivity index (χ4n) is 3.51. The number of aromatic nitrogens is 5. The molecule has 0 aliphatic carbocycles. The van der Waals surface area contributed by atoms with E-state index in [0.29, 0.717) is 22.2 Å². The normalized spacial score (nSPS) is 11.2. The zero-order chi connectivity index (χ0) is 22.4. The van der Waals surface area contributed by atoms with Crippen molar-refractivity contribution in [1.29, 1.82) is 0 Å². The predicted octanol–water partition coefficient (Wildman–Crippen LogP) is 4.12. The molecule has 32 heavy (non-hydrogen) atoms. The Bertz CT molecular complexity index is 1490. The minimum atomic E-state index is -0.605. The number of methoxy groups -OCH3 is 1. The largest absolute Gasteiger partial charge is 0.497 e. The van der Waals surface area contributed by atoms with E-state index in [1.54, 1.807) is 17.7 Å². The van der Waals surface area contributed by atoms with Crippen molar-refractivity contribution in [2.24, 2.45) is 0 Å². The number of rotatable bonds is 4. The molecule has 0 aliphatic rings. The first-order valence-electron chi connectivity index (χ1n) is 9.59. The van der Waals surface area contributed by atoms with Crippen molar-refractivity contribution < 1.29 is 18.3 Å². The molecule has 2 N–H and O–H groups in total. The maximum atomic E-state index is 15.1. The Hall–Kier alpha value is -4.34. The van der Waals surface area contributed by atoms with Gasteiger partial charge in [0.05, 0.1) is 24.2 Å². The van der Waals surface area contributed by atoms with Crippen LogP contribution in [0.4, 0.5) is 14.6 Å². The van der Waals surface area contributed by atoms with Crippen LogP contribution in [-0.2, 0) is 0 Å². The summed E-state index contributed by atoms with van der Waals surface area (Å²) < 4.78 is 35.2. The smallest absolute Gasteiger partial charge is 0.256 e. The van der Waals surface area contributed by atoms with Gasteiger partial charge < -0.3 is 10.1 Å². The summed E-state index contributed by atoms with van der Waals surface area (Å²) in [6.45, 7) is 1.87. The molecule has 160 valence electrons. The highest BCUT2D eigenvalue weighted by atomic mass is 19.1. The number of hydrogen-bond acceptors (Lipinski definition) is 5. The number of ether oxygens (including phenoxy) is 1. The van der Waals surface area contributed by atoms with E-state index in [4.69, 9.17) is 4.74 Å². The van der Waals surface area contributed by atoms with Crippen LogP contribution in [0.3, 0.4) is 0 Å². The third-order valence-electron chi connectivity index (χ3n) is 5.10. The van der Waals surface area contributed by atoms with Crippen molar-refractivity contribution in [2.75, 3.05) is 12.4 Å². The lowest BCUT2D eigenvalue weighted by Crippen LogP contribution is -2.12. The van der Waals surface area contributed by atoms with Gasteiger partial charge in [0.1, 0.15) is 17.3 Å². The zero-order valence-corrected chi connectivity index (χ0v) is 17.0. The lowest BCUT2D eigenvalue weighted by atomic mass is 10.1. The van der Waals surface area contributed by atoms with Crippen LogP contribution in [0.1, 0.15) is 16.1 Å². The maximum absolute atomic E-state index is 15.1. The van der Waals surface area contributed by atoms with Crippen LogP contribution in [0.2, 0.25) is 0 Å². The van der Waals surface area contributed by atoms with Crippen LogP contribution >= 0.6 is 0 Å². The summed E-state index contributed by atoms with van der Waals surface area (Å²) in [4.78, 5) is 16.8. The molecule has 1 amide bonds. The molecule has 0 bridgehead atoms. The summed E-state index contributed by atoms with van der Waals surface area (Å²) in [6.07, 6.45) is 1.53. The summed E-state index contributed by atoms with van der Waals surface area (Å²) in [5, 5.41) is 14.0. The Morgan fingerprint density at radius 2 is 1.94 bits per heavy atom. The van der Waals surface area contributed by atoms with Gasteiger partial charge in [-0.05, 0) is 37.3 Å². The van der Waals surface area contributed by atoms with Crippen molar-refractivity contribution in [3.63, 3.8) is 0 Å². The van der Waals surface area contributed by atoms with Crippen LogP contribution in [0.25, 0.3) is 27.8 Å². The molecule has 0 saturated carbocycles. The molecule has 1 aromatic carbocycles. The Morgan fingerprint density at radius 1 is 1.16 bits per heavy atom. The number of hydrogen-bond donors (Lipinski definition) is 2. The quantitative estimate of drug-likeness (QED) is 0.444. The number of nitrogens with one attached hydrogen (secondary N) is 2. The highest BCUT2D eigenvalue weighted by Gasteiger charge is 2.19. The summed E-state index contributed by atoms with van der Waals surface area (Å²) in [7, 11) is 1.55. The van der Waals surface area contributed by atoms with E-state index in [0.717, 1.165) is 5.69 Å². The second-order valence-electron chi connectivity index (χ2n) is 7.14. The number of carbonyl (C=O) groups is 1. The van der Waals surface area contributed by atoms with Gasteiger partial charge in [0.15, 0.2) is 17.3 Å². The molecule has 8 nitrogen and oxygen atoms in total. The number of amides is 1. The monoisotopic (exact) mass is 434 g/mol. The second-order valence-corrected chi connectivity index (χ2v) is 7.14. The van der Waals surface area contributed by atoms with Crippen LogP contribution in [0.15, 0.2) is 48.7 Å². The molecule has 5 rings (SSSR count). The Labute approximate surface area is 179 Å². The molecular weight excluding hydrogens is 418 g/mol. The molecule has 0 fully saturated rings. The van der Waals surface area contributed by atoms with Crippen molar-refractivity contribution >= 4 is 28.3 Å². The van der Waals surface area contributed by atoms with Crippen molar-refractivity contribution in [1.82, 2.24) is 24.8 Å². The fraction of sp³-hybridized carbons (Fsp3) is 0.0909. The van der Waals surface area contributed by atoms with Crippen LogP contribution in [-0.4, -0.2) is 37.8 Å². The number of anilines is 1. The Morgan fingerprint density at radius 3 is 2.69 bits per heavy atom. The minimum absolute atomic E-state index is 0.0835. The molecule has 0 radical (unpaired) electrons. The van der Waals surface area contributed by atoms with Crippen molar-refractivity contribution in [3.8, 4) is 17.0 Å². The van der Waals surface area contributed by atoms with E-state index in [1.807, 2.05) is 13.0 Å². The molecule has 10 heteroatoms. The summed E-state index contributed by atoms with van der Waals surface area (Å²) in [5.74, 6) is -0.832. The third kappa shape index (κ3) is 3.22. The van der Waals surface area contributed by atoms with E-state index >= 15 is 4.39 Å². The average Bonchev–Trinajstić information content (AvgIpc) is 3.38. The molecule has 0 aliphatic heterocycles. The van der Waals surface area contributed by atoms with Gasteiger partial charge in [-0.2, -0.15) is 10.2 Å². The molecule has 4 heterocycles. The second kappa shape index (κ2) is 7.41. The number of fused-ring (bicyclic) bond motifs is 2. The third-order valence-corrected chi connectivity index (χ3v) is 5.10. The van der Waals surface area contributed by atoms with Gasteiger partial charge in [-0.1, -0.05) is 0 Å². The Kier molecular flexibility index (Phi) is 4.54. The van der Waals surface area contributed by atoms with E-state index in [1.165, 1.54) is 36.5 Å². The van der Waals surface area contributed by atoms with Crippen molar-refractivity contribution in [3.05, 3.63) is 71.6 Å². The van der Waals surface area contributed by atoms with Gasteiger partial charge in [0.25, 0.3) is 5.91 Å². The first-order chi connectivity index (χ1) is 15.4. The van der Waals surface area contributed by atoms with E-state index in [9.17, 15) is 9.18 Å². The molecule has 4 aromatic heterocycles. The van der Waals surface area contributed by atoms with Crippen LogP contribution in [0, 0.1) is 18.6 Å². The average molecular weight is 434 g/mol. The minimum Gasteiger partial charge on any atom is -0.497 e. The molecule has 0 spiro atoms. The first kappa shape index (κ1) is 19.6. The summed E-state index contributed by atoms with van der Waals surface area (Å²) in [5.41, 5.74) is 2.55. The predicted molar refractivity (Wildman–Crippen MR) is 114 cm³/mol. The lowest BCUT2D eigenvalue weighted by molar-refractivity contribution is 0.102. The molecule has 0 atom stereocenters. The molecule has 0 unspecified atom stereocenters. The number of benzene rings is 1. The van der Waals surface area contributed by atoms with Crippen LogP contribution in [0.5, 0.6) is 5.75 Å².